The van der Waals surface area contributed by atoms with Crippen LogP contribution in [0.15, 0.2) is 46.9 Å². The third kappa shape index (κ3) is 4.28. The largest absolute Gasteiger partial charge is 0.484 e. The molecule has 1 aromatic heterocycles. The standard InChI is InChI=1S/C22H22N2O6/c25-19(14-5-7-15(8-6-14)24(27)28)12-23-22(26)13-29-16-9-10-21-18(11-16)17-3-1-2-4-20(17)30-21/h5-11,19,25H,1-4,12-13H2,(H,23,26)/t19-/m1/s1. The van der Waals surface area contributed by atoms with E-state index >= 15 is 0 Å². The van der Waals surface area contributed by atoms with E-state index in [1.54, 1.807) is 6.07 Å². The van der Waals surface area contributed by atoms with Crippen molar-refractivity contribution in [3.05, 3.63) is 69.5 Å². The average molecular weight is 410 g/mol. The number of carbonyl (C=O) groups excluding carboxylic acids is 1. The Morgan fingerprint density at radius 3 is 2.73 bits per heavy atom. The predicted molar refractivity (Wildman–Crippen MR) is 109 cm³/mol. The number of hydrogen-bond acceptors (Lipinski definition) is 6. The molecule has 2 N–H and O–H groups in total. The van der Waals surface area contributed by atoms with E-state index in [0.717, 1.165) is 42.4 Å². The molecule has 8 heteroatoms. The Labute approximate surface area is 172 Å². The van der Waals surface area contributed by atoms with Gasteiger partial charge in [0.1, 0.15) is 17.1 Å². The van der Waals surface area contributed by atoms with Crippen LogP contribution in [-0.2, 0) is 17.6 Å². The number of carbonyl (C=O) groups is 1. The van der Waals surface area contributed by atoms with E-state index < -0.39 is 11.0 Å². The minimum atomic E-state index is -0.969. The summed E-state index contributed by atoms with van der Waals surface area (Å²) < 4.78 is 11.5. The highest BCUT2D eigenvalue weighted by atomic mass is 16.6. The van der Waals surface area contributed by atoms with Crippen LogP contribution in [0, 0.1) is 10.1 Å². The van der Waals surface area contributed by atoms with Gasteiger partial charge in [0.05, 0.1) is 11.0 Å². The minimum absolute atomic E-state index is 0.0196. The number of nitrogens with one attached hydrogen (secondary N) is 1. The van der Waals surface area contributed by atoms with Crippen LogP contribution in [0.3, 0.4) is 0 Å². The number of non-ortho nitro benzene ring substituents is 1. The summed E-state index contributed by atoms with van der Waals surface area (Å²) in [7, 11) is 0. The van der Waals surface area contributed by atoms with Crippen molar-refractivity contribution in [2.24, 2.45) is 0 Å². The second-order valence-corrected chi connectivity index (χ2v) is 7.33. The number of nitro groups is 1. The number of aliphatic hydroxyl groups is 1. The van der Waals surface area contributed by atoms with Crippen LogP contribution in [-0.4, -0.2) is 29.1 Å². The lowest BCUT2D eigenvalue weighted by molar-refractivity contribution is -0.384. The van der Waals surface area contributed by atoms with Gasteiger partial charge in [0.2, 0.25) is 0 Å². The normalized spacial score (nSPS) is 14.2. The lowest BCUT2D eigenvalue weighted by Gasteiger charge is -2.13. The fourth-order valence-electron chi connectivity index (χ4n) is 3.68. The van der Waals surface area contributed by atoms with Crippen LogP contribution in [0.1, 0.15) is 35.8 Å². The third-order valence-corrected chi connectivity index (χ3v) is 5.28. The number of amides is 1. The first-order valence-corrected chi connectivity index (χ1v) is 9.87. The van der Waals surface area contributed by atoms with Gasteiger partial charge in [-0.2, -0.15) is 0 Å². The van der Waals surface area contributed by atoms with Gasteiger partial charge in [0, 0.05) is 36.0 Å². The highest BCUT2D eigenvalue weighted by molar-refractivity contribution is 5.84. The Kier molecular flexibility index (Phi) is 5.67. The Bertz CT molecular complexity index is 1070. The van der Waals surface area contributed by atoms with Gasteiger partial charge in [-0.3, -0.25) is 14.9 Å². The number of aryl methyl sites for hydroxylation is 2. The van der Waals surface area contributed by atoms with Crippen molar-refractivity contribution in [3.63, 3.8) is 0 Å². The highest BCUT2D eigenvalue weighted by Gasteiger charge is 2.18. The molecular formula is C22H22N2O6. The number of rotatable bonds is 7. The second kappa shape index (κ2) is 8.54. The monoisotopic (exact) mass is 410 g/mol. The smallest absolute Gasteiger partial charge is 0.269 e. The summed E-state index contributed by atoms with van der Waals surface area (Å²) >= 11 is 0. The molecule has 4 rings (SSSR count). The Balaban J connectivity index is 1.30. The Hall–Kier alpha value is -3.39. The number of hydrogen-bond donors (Lipinski definition) is 2. The third-order valence-electron chi connectivity index (χ3n) is 5.28. The summed E-state index contributed by atoms with van der Waals surface area (Å²) in [6, 6.07) is 11.1. The van der Waals surface area contributed by atoms with Crippen LogP contribution in [0.2, 0.25) is 0 Å². The van der Waals surface area contributed by atoms with E-state index in [-0.39, 0.29) is 24.7 Å². The van der Waals surface area contributed by atoms with Gasteiger partial charge in [0.25, 0.3) is 11.6 Å². The minimum Gasteiger partial charge on any atom is -0.484 e. The van der Waals surface area contributed by atoms with Gasteiger partial charge < -0.3 is 19.6 Å². The van der Waals surface area contributed by atoms with E-state index in [9.17, 15) is 20.0 Å². The molecule has 0 bridgehead atoms. The molecule has 1 aliphatic carbocycles. The maximum Gasteiger partial charge on any atom is 0.269 e. The first-order valence-electron chi connectivity index (χ1n) is 9.87. The van der Waals surface area contributed by atoms with Crippen molar-refractivity contribution in [1.29, 1.82) is 0 Å². The van der Waals surface area contributed by atoms with E-state index in [1.165, 1.54) is 29.8 Å². The van der Waals surface area contributed by atoms with Crippen molar-refractivity contribution < 1.29 is 24.0 Å². The van der Waals surface area contributed by atoms with Crippen molar-refractivity contribution in [1.82, 2.24) is 5.32 Å². The number of ether oxygens (including phenoxy) is 1. The zero-order chi connectivity index (χ0) is 21.1. The molecule has 3 aromatic rings. The molecule has 0 spiro atoms. The molecule has 1 heterocycles. The van der Waals surface area contributed by atoms with Crippen LogP contribution in [0.4, 0.5) is 5.69 Å². The fraction of sp³-hybridized carbons (Fsp3) is 0.318. The molecule has 0 fully saturated rings. The van der Waals surface area contributed by atoms with Gasteiger partial charge in [-0.25, -0.2) is 0 Å². The zero-order valence-electron chi connectivity index (χ0n) is 16.3. The average Bonchev–Trinajstić information content (AvgIpc) is 3.14. The zero-order valence-corrected chi connectivity index (χ0v) is 16.3. The molecule has 0 unspecified atom stereocenters. The molecule has 1 amide bonds. The first-order chi connectivity index (χ1) is 14.5. The molecule has 156 valence electrons. The molecule has 1 atom stereocenters. The molecule has 30 heavy (non-hydrogen) atoms. The van der Waals surface area contributed by atoms with Crippen LogP contribution < -0.4 is 10.1 Å². The van der Waals surface area contributed by atoms with Crippen molar-refractivity contribution in [2.45, 2.75) is 31.8 Å². The molecule has 0 saturated carbocycles. The van der Waals surface area contributed by atoms with Crippen molar-refractivity contribution >= 4 is 22.6 Å². The summed E-state index contributed by atoms with van der Waals surface area (Å²) in [6.45, 7) is -0.202. The number of nitrogens with zero attached hydrogens (tertiary/aromatic N) is 1. The number of aliphatic hydroxyl groups excluding tert-OH is 1. The van der Waals surface area contributed by atoms with Gasteiger partial charge in [0.15, 0.2) is 6.61 Å². The van der Waals surface area contributed by atoms with Gasteiger partial charge in [-0.05, 0) is 55.2 Å². The molecule has 0 saturated heterocycles. The fourth-order valence-corrected chi connectivity index (χ4v) is 3.68. The van der Waals surface area contributed by atoms with Crippen LogP contribution in [0.25, 0.3) is 11.0 Å². The molecule has 1 aliphatic rings. The molecule has 0 radical (unpaired) electrons. The van der Waals surface area contributed by atoms with Gasteiger partial charge in [-0.1, -0.05) is 0 Å². The SMILES string of the molecule is O=C(COc1ccc2oc3c(c2c1)CCCC3)NC[C@@H](O)c1ccc([N+](=O)[O-])cc1. The van der Waals surface area contributed by atoms with Crippen LogP contribution in [0.5, 0.6) is 5.75 Å². The van der Waals surface area contributed by atoms with E-state index in [2.05, 4.69) is 5.32 Å². The first kappa shape index (κ1) is 19.9. The summed E-state index contributed by atoms with van der Waals surface area (Å²) in [6.07, 6.45) is 3.27. The molecule has 0 aliphatic heterocycles. The summed E-state index contributed by atoms with van der Waals surface area (Å²) in [5.41, 5.74) is 2.50. The highest BCUT2D eigenvalue weighted by Crippen LogP contribution is 2.33. The number of furan rings is 1. The number of benzene rings is 2. The second-order valence-electron chi connectivity index (χ2n) is 7.33. The summed E-state index contributed by atoms with van der Waals surface area (Å²) in [5, 5.41) is 24.5. The molecular weight excluding hydrogens is 388 g/mol. The van der Waals surface area contributed by atoms with Gasteiger partial charge in [-0.15, -0.1) is 0 Å². The topological polar surface area (TPSA) is 115 Å². The quantitative estimate of drug-likeness (QED) is 0.455. The summed E-state index contributed by atoms with van der Waals surface area (Å²) in [4.78, 5) is 22.3. The van der Waals surface area contributed by atoms with Crippen LogP contribution >= 0.6 is 0 Å². The van der Waals surface area contributed by atoms with E-state index in [4.69, 9.17) is 9.15 Å². The number of fused-ring (bicyclic) bond motifs is 3. The molecule has 8 nitrogen and oxygen atoms in total. The summed E-state index contributed by atoms with van der Waals surface area (Å²) in [5.74, 6) is 1.26. The Morgan fingerprint density at radius 1 is 1.20 bits per heavy atom. The predicted octanol–water partition coefficient (Wildman–Crippen LogP) is 3.45. The molecule has 2 aromatic carbocycles. The van der Waals surface area contributed by atoms with E-state index in [0.29, 0.717) is 11.3 Å². The maximum absolute atomic E-state index is 12.1. The van der Waals surface area contributed by atoms with Crippen molar-refractivity contribution in [2.75, 3.05) is 13.2 Å². The maximum atomic E-state index is 12.1. The number of nitro benzene ring substituents is 1. The van der Waals surface area contributed by atoms with Gasteiger partial charge >= 0.3 is 0 Å². The van der Waals surface area contributed by atoms with E-state index in [1.807, 2.05) is 12.1 Å². The van der Waals surface area contributed by atoms with Crippen molar-refractivity contribution in [3.8, 4) is 5.75 Å². The lowest BCUT2D eigenvalue weighted by Crippen LogP contribution is -2.32. The Morgan fingerprint density at radius 2 is 1.97 bits per heavy atom. The lowest BCUT2D eigenvalue weighted by atomic mass is 9.96.